The van der Waals surface area contributed by atoms with E-state index in [1.807, 2.05) is 36.1 Å². The predicted molar refractivity (Wildman–Crippen MR) is 127 cm³/mol. The second kappa shape index (κ2) is 9.09. The van der Waals surface area contributed by atoms with Gasteiger partial charge in [-0.25, -0.2) is 19.4 Å². The van der Waals surface area contributed by atoms with Crippen LogP contribution in [0.2, 0.25) is 0 Å². The summed E-state index contributed by atoms with van der Waals surface area (Å²) in [6.07, 6.45) is 8.40. The maximum atomic E-state index is 13.4. The number of nitrogens with zero attached hydrogens (tertiary/aromatic N) is 4. The first kappa shape index (κ1) is 21.8. The second-order valence-electron chi connectivity index (χ2n) is 8.77. The SMILES string of the molecule is COc1cc(/C=C2\CCCN3C2NCN3[C@@H](C)c2ccc(F)cc2)ccc1-n1cnc(C)c1. The normalized spacial score (nSPS) is 21.3. The van der Waals surface area contributed by atoms with E-state index in [0.717, 1.165) is 54.3 Å². The van der Waals surface area contributed by atoms with Gasteiger partial charge < -0.3 is 9.30 Å². The number of hydrogen-bond acceptors (Lipinski definition) is 5. The summed E-state index contributed by atoms with van der Waals surface area (Å²) in [6, 6.07) is 13.3. The summed E-state index contributed by atoms with van der Waals surface area (Å²) >= 11 is 0. The Morgan fingerprint density at radius 3 is 2.76 bits per heavy atom. The number of methoxy groups -OCH3 is 1. The molecular formula is C26H30FN5O. The van der Waals surface area contributed by atoms with Gasteiger partial charge in [-0.15, -0.1) is 0 Å². The molecule has 2 aliphatic heterocycles. The van der Waals surface area contributed by atoms with Crippen LogP contribution in [0.15, 0.2) is 60.6 Å². The zero-order valence-corrected chi connectivity index (χ0v) is 19.3. The average Bonchev–Trinajstić information content (AvgIpc) is 3.46. The molecule has 172 valence electrons. The summed E-state index contributed by atoms with van der Waals surface area (Å²) in [5, 5.41) is 8.45. The molecule has 6 nitrogen and oxygen atoms in total. The second-order valence-corrected chi connectivity index (χ2v) is 8.77. The lowest BCUT2D eigenvalue weighted by Crippen LogP contribution is -2.47. The van der Waals surface area contributed by atoms with Crippen molar-refractivity contribution in [2.45, 2.75) is 38.9 Å². The summed E-state index contributed by atoms with van der Waals surface area (Å²) in [7, 11) is 1.70. The van der Waals surface area contributed by atoms with E-state index in [9.17, 15) is 4.39 Å². The molecule has 0 saturated carbocycles. The van der Waals surface area contributed by atoms with E-state index in [-0.39, 0.29) is 18.0 Å². The summed E-state index contributed by atoms with van der Waals surface area (Å²) in [6.45, 7) is 5.92. The van der Waals surface area contributed by atoms with Gasteiger partial charge in [0.25, 0.3) is 0 Å². The molecule has 2 saturated heterocycles. The molecule has 2 aromatic carbocycles. The molecule has 1 unspecified atom stereocenters. The van der Waals surface area contributed by atoms with E-state index < -0.39 is 0 Å². The summed E-state index contributed by atoms with van der Waals surface area (Å²) in [5.41, 5.74) is 5.55. The summed E-state index contributed by atoms with van der Waals surface area (Å²) in [4.78, 5) is 4.33. The molecule has 0 bridgehead atoms. The number of aromatic nitrogens is 2. The molecule has 0 amide bonds. The topological polar surface area (TPSA) is 45.6 Å². The van der Waals surface area contributed by atoms with Crippen LogP contribution in [-0.4, -0.2) is 46.1 Å². The molecule has 3 heterocycles. The van der Waals surface area contributed by atoms with Gasteiger partial charge in [0.2, 0.25) is 0 Å². The monoisotopic (exact) mass is 447 g/mol. The van der Waals surface area contributed by atoms with Gasteiger partial charge in [0.1, 0.15) is 11.6 Å². The smallest absolute Gasteiger partial charge is 0.143 e. The predicted octanol–water partition coefficient (Wildman–Crippen LogP) is 4.67. The van der Waals surface area contributed by atoms with Crippen molar-refractivity contribution in [3.63, 3.8) is 0 Å². The van der Waals surface area contributed by atoms with E-state index in [2.05, 4.69) is 51.5 Å². The van der Waals surface area contributed by atoms with E-state index in [0.29, 0.717) is 0 Å². The van der Waals surface area contributed by atoms with Gasteiger partial charge in [-0.05, 0) is 67.7 Å². The van der Waals surface area contributed by atoms with E-state index >= 15 is 0 Å². The van der Waals surface area contributed by atoms with Crippen molar-refractivity contribution < 1.29 is 9.13 Å². The largest absolute Gasteiger partial charge is 0.495 e. The molecular weight excluding hydrogens is 417 g/mol. The number of benzene rings is 2. The molecule has 2 atom stereocenters. The van der Waals surface area contributed by atoms with Crippen molar-refractivity contribution in [2.75, 3.05) is 20.3 Å². The van der Waals surface area contributed by atoms with Gasteiger partial charge in [-0.1, -0.05) is 24.3 Å². The lowest BCUT2D eigenvalue weighted by Gasteiger charge is -2.39. The number of rotatable bonds is 5. The fraction of sp³-hybridized carbons (Fsp3) is 0.346. The maximum absolute atomic E-state index is 13.4. The molecule has 2 fully saturated rings. The maximum Gasteiger partial charge on any atom is 0.143 e. The lowest BCUT2D eigenvalue weighted by atomic mass is 9.99. The Labute approximate surface area is 194 Å². The fourth-order valence-corrected chi connectivity index (χ4v) is 4.87. The number of halogens is 1. The molecule has 1 N–H and O–H groups in total. The third-order valence-electron chi connectivity index (χ3n) is 6.62. The first-order valence-corrected chi connectivity index (χ1v) is 11.4. The van der Waals surface area contributed by atoms with Gasteiger partial charge in [0.15, 0.2) is 0 Å². The number of ether oxygens (including phenoxy) is 1. The molecule has 1 aromatic heterocycles. The standard InChI is InChI=1S/C26H30FN5O/c1-18-15-30(16-28-18)24-11-6-20(14-25(24)33-3)13-22-5-4-12-31-26(22)29-17-32(31)19(2)21-7-9-23(27)10-8-21/h6-11,13-16,19,26,29H,4-5,12,17H2,1-3H3/b22-13+/t19-,26?/m0/s1. The highest BCUT2D eigenvalue weighted by atomic mass is 19.1. The van der Waals surface area contributed by atoms with Crippen molar-refractivity contribution >= 4 is 6.08 Å². The third-order valence-corrected chi connectivity index (χ3v) is 6.62. The molecule has 2 aliphatic rings. The van der Waals surface area contributed by atoms with Gasteiger partial charge in [-0.2, -0.15) is 0 Å². The minimum atomic E-state index is -0.198. The Hall–Kier alpha value is -3.00. The molecule has 0 radical (unpaired) electrons. The van der Waals surface area contributed by atoms with Crippen LogP contribution in [0.25, 0.3) is 11.8 Å². The summed E-state index contributed by atoms with van der Waals surface area (Å²) < 4.78 is 21.1. The molecule has 7 heteroatoms. The van der Waals surface area contributed by atoms with Crippen molar-refractivity contribution in [2.24, 2.45) is 0 Å². The van der Waals surface area contributed by atoms with Crippen LogP contribution in [0.1, 0.15) is 42.6 Å². The molecule has 33 heavy (non-hydrogen) atoms. The van der Waals surface area contributed by atoms with Crippen LogP contribution in [0.4, 0.5) is 4.39 Å². The van der Waals surface area contributed by atoms with Crippen molar-refractivity contribution in [3.05, 3.63) is 83.2 Å². The van der Waals surface area contributed by atoms with Gasteiger partial charge in [0.05, 0.1) is 37.7 Å². The third kappa shape index (κ3) is 4.31. The Balaban J connectivity index is 1.38. The Kier molecular flexibility index (Phi) is 6.01. The first-order chi connectivity index (χ1) is 16.0. The zero-order valence-electron chi connectivity index (χ0n) is 19.3. The van der Waals surface area contributed by atoms with Gasteiger partial charge >= 0.3 is 0 Å². The van der Waals surface area contributed by atoms with Crippen molar-refractivity contribution in [1.82, 2.24) is 24.9 Å². The van der Waals surface area contributed by atoms with Crippen LogP contribution in [0.5, 0.6) is 5.75 Å². The van der Waals surface area contributed by atoms with Crippen molar-refractivity contribution in [3.8, 4) is 11.4 Å². The highest BCUT2D eigenvalue weighted by molar-refractivity contribution is 5.61. The molecule has 5 rings (SSSR count). The van der Waals surface area contributed by atoms with E-state index in [1.54, 1.807) is 7.11 Å². The van der Waals surface area contributed by atoms with Crippen LogP contribution < -0.4 is 10.1 Å². The van der Waals surface area contributed by atoms with Gasteiger partial charge in [0, 0.05) is 18.8 Å². The highest BCUT2D eigenvalue weighted by Crippen LogP contribution is 2.34. The summed E-state index contributed by atoms with van der Waals surface area (Å²) in [5.74, 6) is 0.622. The zero-order chi connectivity index (χ0) is 22.9. The minimum absolute atomic E-state index is 0.167. The Bertz CT molecular complexity index is 1160. The average molecular weight is 448 g/mol. The minimum Gasteiger partial charge on any atom is -0.495 e. The number of hydrazine groups is 1. The van der Waals surface area contributed by atoms with Crippen LogP contribution >= 0.6 is 0 Å². The molecule has 3 aromatic rings. The lowest BCUT2D eigenvalue weighted by molar-refractivity contribution is -0.0361. The van der Waals surface area contributed by atoms with Crippen molar-refractivity contribution in [1.29, 1.82) is 0 Å². The number of imidazole rings is 1. The highest BCUT2D eigenvalue weighted by Gasteiger charge is 2.38. The number of aryl methyl sites for hydroxylation is 1. The van der Waals surface area contributed by atoms with E-state index in [4.69, 9.17) is 4.74 Å². The van der Waals surface area contributed by atoms with Crippen LogP contribution in [0, 0.1) is 12.7 Å². The van der Waals surface area contributed by atoms with Gasteiger partial charge in [-0.3, -0.25) is 5.32 Å². The number of piperidine rings is 1. The molecule has 0 aliphatic carbocycles. The Morgan fingerprint density at radius 2 is 2.03 bits per heavy atom. The first-order valence-electron chi connectivity index (χ1n) is 11.4. The fourth-order valence-electron chi connectivity index (χ4n) is 4.87. The number of fused-ring (bicyclic) bond motifs is 1. The number of nitrogens with one attached hydrogen (secondary N) is 1. The number of hydrogen-bond donors (Lipinski definition) is 1. The van der Waals surface area contributed by atoms with Crippen LogP contribution in [-0.2, 0) is 0 Å². The quantitative estimate of drug-likeness (QED) is 0.616. The van der Waals surface area contributed by atoms with Crippen LogP contribution in [0.3, 0.4) is 0 Å². The molecule has 0 spiro atoms. The Morgan fingerprint density at radius 1 is 1.21 bits per heavy atom. The van der Waals surface area contributed by atoms with E-state index in [1.165, 1.54) is 17.7 Å².